The molecule has 0 radical (unpaired) electrons. The Hall–Kier alpha value is -2.40. The molecular formula is C28H40O4Si. The number of benzene rings is 2. The van der Waals surface area contributed by atoms with E-state index in [1.54, 1.807) is 13.8 Å². The van der Waals surface area contributed by atoms with Crippen molar-refractivity contribution in [2.75, 3.05) is 13.2 Å². The van der Waals surface area contributed by atoms with Crippen LogP contribution in [0.3, 0.4) is 0 Å². The average Bonchev–Trinajstić information content (AvgIpc) is 2.78. The molecule has 0 amide bonds. The third-order valence-electron chi connectivity index (χ3n) is 5.98. The van der Waals surface area contributed by atoms with Gasteiger partial charge in [0.1, 0.15) is 0 Å². The Morgan fingerprint density at radius 2 is 1.30 bits per heavy atom. The molecule has 0 heterocycles. The van der Waals surface area contributed by atoms with Gasteiger partial charge in [-0.15, -0.1) is 0 Å². The van der Waals surface area contributed by atoms with E-state index in [2.05, 4.69) is 67.7 Å². The summed E-state index contributed by atoms with van der Waals surface area (Å²) in [5.74, 6) is -1.84. The fraction of sp³-hybridized carbons (Fsp3) is 0.500. The molecule has 180 valence electrons. The molecule has 0 aliphatic heterocycles. The number of ether oxygens (including phenoxy) is 2. The van der Waals surface area contributed by atoms with Crippen molar-refractivity contribution in [1.82, 2.24) is 0 Å². The zero-order chi connectivity index (χ0) is 24.1. The van der Waals surface area contributed by atoms with Gasteiger partial charge in [-0.3, -0.25) is 9.59 Å². The van der Waals surface area contributed by atoms with E-state index in [0.29, 0.717) is 12.8 Å². The Labute approximate surface area is 200 Å². The zero-order valence-electron chi connectivity index (χ0n) is 20.8. The Balaban J connectivity index is 1.77. The van der Waals surface area contributed by atoms with Gasteiger partial charge in [0, 0.05) is 0 Å². The molecular weight excluding hydrogens is 428 g/mol. The van der Waals surface area contributed by atoms with Crippen molar-refractivity contribution < 1.29 is 19.1 Å². The van der Waals surface area contributed by atoms with Crippen LogP contribution in [0.25, 0.3) is 0 Å². The topological polar surface area (TPSA) is 52.6 Å². The van der Waals surface area contributed by atoms with Gasteiger partial charge in [0.05, 0.1) is 21.3 Å². The fourth-order valence-electron chi connectivity index (χ4n) is 4.17. The Morgan fingerprint density at radius 1 is 0.758 bits per heavy atom. The number of carbonyl (C=O) groups excluding carboxylic acids is 2. The van der Waals surface area contributed by atoms with E-state index in [4.69, 9.17) is 9.47 Å². The van der Waals surface area contributed by atoms with Gasteiger partial charge in [-0.1, -0.05) is 85.7 Å². The number of hydrogen-bond acceptors (Lipinski definition) is 4. The van der Waals surface area contributed by atoms with Gasteiger partial charge in [0.2, 0.25) is 0 Å². The summed E-state index contributed by atoms with van der Waals surface area (Å²) >= 11 is 0. The van der Waals surface area contributed by atoms with Gasteiger partial charge >= 0.3 is 11.9 Å². The van der Waals surface area contributed by atoms with Crippen LogP contribution in [0.5, 0.6) is 0 Å². The number of carbonyl (C=O) groups is 2. The van der Waals surface area contributed by atoms with Crippen molar-refractivity contribution in [2.45, 2.75) is 71.1 Å². The van der Waals surface area contributed by atoms with Crippen molar-refractivity contribution >= 4 is 20.0 Å². The monoisotopic (exact) mass is 468 g/mol. The minimum Gasteiger partial charge on any atom is -0.465 e. The Morgan fingerprint density at radius 3 is 1.85 bits per heavy atom. The molecule has 2 aromatic rings. The molecule has 0 aliphatic carbocycles. The molecule has 0 unspecified atom stereocenters. The van der Waals surface area contributed by atoms with Crippen LogP contribution >= 0.6 is 0 Å². The molecule has 0 aliphatic rings. The highest BCUT2D eigenvalue weighted by Crippen LogP contribution is 2.21. The minimum atomic E-state index is -1.22. The van der Waals surface area contributed by atoms with Crippen molar-refractivity contribution in [3.05, 3.63) is 71.3 Å². The molecule has 33 heavy (non-hydrogen) atoms. The van der Waals surface area contributed by atoms with Gasteiger partial charge in [0.15, 0.2) is 5.92 Å². The lowest BCUT2D eigenvalue weighted by Gasteiger charge is -2.22. The molecule has 2 aromatic carbocycles. The van der Waals surface area contributed by atoms with Gasteiger partial charge in [-0.2, -0.15) is 0 Å². The number of rotatable bonds is 14. The summed E-state index contributed by atoms with van der Waals surface area (Å²) in [6.07, 6.45) is 4.61. The van der Waals surface area contributed by atoms with Crippen LogP contribution in [0.15, 0.2) is 54.6 Å². The van der Waals surface area contributed by atoms with E-state index >= 15 is 0 Å². The molecule has 0 aromatic heterocycles. The van der Waals surface area contributed by atoms with Crippen molar-refractivity contribution in [3.63, 3.8) is 0 Å². The molecule has 0 saturated heterocycles. The molecule has 0 fully saturated rings. The van der Waals surface area contributed by atoms with E-state index in [0.717, 1.165) is 12.0 Å². The Bertz CT molecular complexity index is 828. The number of esters is 2. The van der Waals surface area contributed by atoms with Crippen LogP contribution in [-0.4, -0.2) is 33.2 Å². The molecule has 0 bridgehead atoms. The summed E-state index contributed by atoms with van der Waals surface area (Å²) in [6.45, 7) is 8.99. The van der Waals surface area contributed by atoms with Crippen molar-refractivity contribution in [1.29, 1.82) is 0 Å². The highest BCUT2D eigenvalue weighted by atomic mass is 28.3. The van der Waals surface area contributed by atoms with E-state index < -0.39 is 25.9 Å². The third kappa shape index (κ3) is 9.95. The van der Waals surface area contributed by atoms with Gasteiger partial charge in [-0.25, -0.2) is 0 Å². The average molecular weight is 469 g/mol. The molecule has 0 atom stereocenters. The fourth-order valence-corrected chi connectivity index (χ4v) is 6.90. The molecule has 0 spiro atoms. The summed E-state index contributed by atoms with van der Waals surface area (Å²) in [5.41, 5.74) is 3.93. The molecule has 5 heteroatoms. The zero-order valence-corrected chi connectivity index (χ0v) is 21.8. The predicted molar refractivity (Wildman–Crippen MR) is 137 cm³/mol. The lowest BCUT2D eigenvalue weighted by molar-refractivity contribution is -0.161. The van der Waals surface area contributed by atoms with Crippen LogP contribution in [0.2, 0.25) is 19.1 Å². The van der Waals surface area contributed by atoms with Gasteiger partial charge < -0.3 is 9.47 Å². The van der Waals surface area contributed by atoms with Crippen LogP contribution in [0.1, 0.15) is 49.8 Å². The van der Waals surface area contributed by atoms with E-state index in [9.17, 15) is 9.59 Å². The van der Waals surface area contributed by atoms with Crippen LogP contribution in [0, 0.1) is 5.92 Å². The second-order valence-corrected chi connectivity index (χ2v) is 14.6. The highest BCUT2D eigenvalue weighted by molar-refractivity contribution is 6.76. The normalized spacial score (nSPS) is 11.4. The van der Waals surface area contributed by atoms with E-state index in [-0.39, 0.29) is 13.2 Å². The second kappa shape index (κ2) is 14.0. The maximum Gasteiger partial charge on any atom is 0.320 e. The number of aryl methyl sites for hydroxylation is 2. The highest BCUT2D eigenvalue weighted by Gasteiger charge is 2.29. The minimum absolute atomic E-state index is 0.259. The van der Waals surface area contributed by atoms with E-state index in [1.165, 1.54) is 36.1 Å². The quantitative estimate of drug-likeness (QED) is 0.144. The van der Waals surface area contributed by atoms with Gasteiger partial charge in [0.25, 0.3) is 0 Å². The van der Waals surface area contributed by atoms with Gasteiger partial charge in [-0.05, 0) is 56.7 Å². The maximum absolute atomic E-state index is 12.1. The summed E-state index contributed by atoms with van der Waals surface area (Å²) in [6, 6.07) is 22.0. The largest absolute Gasteiger partial charge is 0.465 e. The first kappa shape index (κ1) is 26.8. The van der Waals surface area contributed by atoms with Crippen LogP contribution in [0.4, 0.5) is 0 Å². The first-order chi connectivity index (χ1) is 15.8. The SMILES string of the molecule is CCOC(=O)C(CCc1ccc(CCCC[Si](C)(C)Cc2ccccc2)cc1)C(=O)OCC. The number of unbranched alkanes of at least 4 members (excludes halogenated alkanes) is 1. The molecule has 2 rings (SSSR count). The second-order valence-electron chi connectivity index (χ2n) is 9.45. The standard InChI is InChI=1S/C28H40O4Si/c1-5-31-27(29)26(28(30)32-6-2)20-19-24-17-15-23(16-18-24)12-10-11-21-33(3,4)22-25-13-8-7-9-14-25/h7-9,13-18,26H,5-6,10-12,19-22H2,1-4H3. The predicted octanol–water partition coefficient (Wildman–Crippen LogP) is 6.17. The van der Waals surface area contributed by atoms with Crippen molar-refractivity contribution in [2.24, 2.45) is 5.92 Å². The lowest BCUT2D eigenvalue weighted by atomic mass is 9.98. The first-order valence-corrected chi connectivity index (χ1v) is 15.7. The Kier molecular flexibility index (Phi) is 11.4. The summed E-state index contributed by atoms with van der Waals surface area (Å²) < 4.78 is 10.1. The maximum atomic E-state index is 12.1. The molecule has 0 saturated carbocycles. The van der Waals surface area contributed by atoms with Crippen LogP contribution < -0.4 is 0 Å². The molecule has 4 nitrogen and oxygen atoms in total. The first-order valence-electron chi connectivity index (χ1n) is 12.3. The third-order valence-corrected chi connectivity index (χ3v) is 9.05. The summed E-state index contributed by atoms with van der Waals surface area (Å²) in [4.78, 5) is 24.3. The van der Waals surface area contributed by atoms with Crippen molar-refractivity contribution in [3.8, 4) is 0 Å². The molecule has 0 N–H and O–H groups in total. The summed E-state index contributed by atoms with van der Waals surface area (Å²) in [7, 11) is -1.22. The lowest BCUT2D eigenvalue weighted by Crippen LogP contribution is -2.28. The number of hydrogen-bond donors (Lipinski definition) is 0. The smallest absolute Gasteiger partial charge is 0.320 e. The van der Waals surface area contributed by atoms with E-state index in [1.807, 2.05) is 0 Å². The summed E-state index contributed by atoms with van der Waals surface area (Å²) in [5, 5.41) is 0. The van der Waals surface area contributed by atoms with Crippen LogP contribution in [-0.2, 0) is 37.9 Å².